The van der Waals surface area contributed by atoms with Gasteiger partial charge in [0.25, 0.3) is 5.91 Å². The molecule has 1 aliphatic carbocycles. The summed E-state index contributed by atoms with van der Waals surface area (Å²) in [7, 11) is 1.60. The molecule has 2 heterocycles. The molecule has 0 bridgehead atoms. The van der Waals surface area contributed by atoms with Crippen LogP contribution in [0.3, 0.4) is 0 Å². The average molecular weight is 505 g/mol. The maximum Gasteiger partial charge on any atom is 0.254 e. The molecule has 2 saturated heterocycles. The Hall–Kier alpha value is -3.39. The highest BCUT2D eigenvalue weighted by atomic mass is 16.5. The lowest BCUT2D eigenvalue weighted by Crippen LogP contribution is -2.53. The van der Waals surface area contributed by atoms with Crippen molar-refractivity contribution < 1.29 is 19.1 Å². The number of amides is 3. The van der Waals surface area contributed by atoms with Gasteiger partial charge in [-0.1, -0.05) is 30.3 Å². The monoisotopic (exact) mass is 504 g/mol. The first kappa shape index (κ1) is 25.3. The summed E-state index contributed by atoms with van der Waals surface area (Å²) in [5.41, 5.74) is 1.72. The Morgan fingerprint density at radius 1 is 0.973 bits per heavy atom. The van der Waals surface area contributed by atoms with Crippen LogP contribution in [0.2, 0.25) is 0 Å². The molecule has 2 aliphatic heterocycles. The Morgan fingerprint density at radius 3 is 2.32 bits per heavy atom. The maximum atomic E-state index is 13.8. The Morgan fingerprint density at radius 2 is 1.68 bits per heavy atom. The first-order chi connectivity index (χ1) is 18.0. The van der Waals surface area contributed by atoms with Gasteiger partial charge in [-0.25, -0.2) is 0 Å². The molecule has 2 unspecified atom stereocenters. The summed E-state index contributed by atoms with van der Waals surface area (Å²) in [6.45, 7) is 3.73. The van der Waals surface area contributed by atoms with Gasteiger partial charge < -0.3 is 24.8 Å². The standard InChI is InChI=1S/C29H36N4O4/c1-37-25-11-9-23(10-12-25)27(34)32(16-13-21-5-3-2-4-6-21)24-19-26(29(36)31-17-14-30-15-18-31)33(20-24)28(35)22-7-8-22/h2-6,9-12,22,24,26,30H,7-8,13-20H2,1H3. The lowest BCUT2D eigenvalue weighted by atomic mass is 10.1. The van der Waals surface area contributed by atoms with Gasteiger partial charge in [-0.05, 0) is 55.5 Å². The van der Waals surface area contributed by atoms with Crippen LogP contribution in [0.25, 0.3) is 0 Å². The van der Waals surface area contributed by atoms with Crippen LogP contribution in [0.4, 0.5) is 0 Å². The first-order valence-corrected chi connectivity index (χ1v) is 13.3. The molecule has 2 aromatic carbocycles. The summed E-state index contributed by atoms with van der Waals surface area (Å²) < 4.78 is 5.27. The average Bonchev–Trinajstić information content (AvgIpc) is 3.72. The molecular weight excluding hydrogens is 468 g/mol. The molecule has 8 heteroatoms. The number of nitrogens with zero attached hydrogens (tertiary/aromatic N) is 3. The van der Waals surface area contributed by atoms with Crippen LogP contribution in [0, 0.1) is 5.92 Å². The van der Waals surface area contributed by atoms with Crippen LogP contribution in [0.5, 0.6) is 5.75 Å². The lowest BCUT2D eigenvalue weighted by Gasteiger charge is -2.32. The number of benzene rings is 2. The van der Waals surface area contributed by atoms with Gasteiger partial charge in [0.2, 0.25) is 11.8 Å². The van der Waals surface area contributed by atoms with Gasteiger partial charge in [-0.15, -0.1) is 0 Å². The molecule has 3 amide bonds. The molecule has 8 nitrogen and oxygen atoms in total. The Kier molecular flexibility index (Phi) is 7.74. The van der Waals surface area contributed by atoms with Crippen LogP contribution in [-0.2, 0) is 16.0 Å². The van der Waals surface area contributed by atoms with Crippen molar-refractivity contribution in [2.75, 3.05) is 46.4 Å². The van der Waals surface area contributed by atoms with Crippen LogP contribution in [-0.4, -0.2) is 90.9 Å². The molecular formula is C29H36N4O4. The molecule has 2 atom stereocenters. The Bertz CT molecular complexity index is 1100. The van der Waals surface area contributed by atoms with E-state index in [1.54, 1.807) is 36.3 Å². The van der Waals surface area contributed by atoms with E-state index in [4.69, 9.17) is 4.74 Å². The van der Waals surface area contributed by atoms with E-state index >= 15 is 0 Å². The molecule has 3 aliphatic rings. The molecule has 1 N–H and O–H groups in total. The molecule has 37 heavy (non-hydrogen) atoms. The minimum absolute atomic E-state index is 0.0119. The molecule has 196 valence electrons. The SMILES string of the molecule is COc1ccc(C(=O)N(CCc2ccccc2)C2CC(C(=O)N3CCNCC3)N(C(=O)C3CC3)C2)cc1. The molecule has 0 aromatic heterocycles. The van der Waals surface area contributed by atoms with E-state index in [2.05, 4.69) is 17.4 Å². The summed E-state index contributed by atoms with van der Waals surface area (Å²) >= 11 is 0. The smallest absolute Gasteiger partial charge is 0.254 e. The van der Waals surface area contributed by atoms with Crippen molar-refractivity contribution in [2.45, 2.75) is 37.8 Å². The number of carbonyl (C=O) groups excluding carboxylic acids is 3. The van der Waals surface area contributed by atoms with E-state index in [1.807, 2.05) is 28.0 Å². The van der Waals surface area contributed by atoms with Gasteiger partial charge in [0.15, 0.2) is 0 Å². The fourth-order valence-electron chi connectivity index (χ4n) is 5.42. The molecule has 2 aromatic rings. The summed E-state index contributed by atoms with van der Waals surface area (Å²) in [6.07, 6.45) is 2.94. The number of ether oxygens (including phenoxy) is 1. The Labute approximate surface area is 218 Å². The van der Waals surface area contributed by atoms with Gasteiger partial charge >= 0.3 is 0 Å². The van der Waals surface area contributed by atoms with Gasteiger partial charge in [0.1, 0.15) is 11.8 Å². The summed E-state index contributed by atoms with van der Waals surface area (Å²) in [6, 6.07) is 16.5. The highest BCUT2D eigenvalue weighted by molar-refractivity contribution is 5.95. The first-order valence-electron chi connectivity index (χ1n) is 13.3. The summed E-state index contributed by atoms with van der Waals surface area (Å²) in [5.74, 6) is 0.703. The summed E-state index contributed by atoms with van der Waals surface area (Å²) in [4.78, 5) is 46.3. The number of rotatable bonds is 8. The van der Waals surface area contributed by atoms with E-state index in [0.717, 1.165) is 31.5 Å². The zero-order chi connectivity index (χ0) is 25.8. The number of methoxy groups -OCH3 is 1. The highest BCUT2D eigenvalue weighted by Crippen LogP contribution is 2.35. The highest BCUT2D eigenvalue weighted by Gasteiger charge is 2.47. The van der Waals surface area contributed by atoms with Gasteiger partial charge in [-0.2, -0.15) is 0 Å². The van der Waals surface area contributed by atoms with Crippen molar-refractivity contribution in [3.05, 3.63) is 65.7 Å². The third kappa shape index (κ3) is 5.80. The number of hydrogen-bond acceptors (Lipinski definition) is 5. The molecule has 0 radical (unpaired) electrons. The maximum absolute atomic E-state index is 13.8. The van der Waals surface area contributed by atoms with Crippen LogP contribution in [0.15, 0.2) is 54.6 Å². The van der Waals surface area contributed by atoms with Gasteiger partial charge in [-0.3, -0.25) is 14.4 Å². The zero-order valence-electron chi connectivity index (χ0n) is 21.5. The van der Waals surface area contributed by atoms with Crippen LogP contribution in [0.1, 0.15) is 35.2 Å². The third-order valence-electron chi connectivity index (χ3n) is 7.73. The largest absolute Gasteiger partial charge is 0.497 e. The second-order valence-corrected chi connectivity index (χ2v) is 10.2. The second kappa shape index (κ2) is 11.3. The summed E-state index contributed by atoms with van der Waals surface area (Å²) in [5, 5.41) is 3.29. The number of piperazine rings is 1. The van der Waals surface area contributed by atoms with Gasteiger partial charge in [0.05, 0.1) is 13.2 Å². The number of nitrogens with one attached hydrogen (secondary N) is 1. The molecule has 0 spiro atoms. The normalized spacial score (nSPS) is 21.5. The fourth-order valence-corrected chi connectivity index (χ4v) is 5.42. The van der Waals surface area contributed by atoms with E-state index in [9.17, 15) is 14.4 Å². The number of carbonyl (C=O) groups is 3. The second-order valence-electron chi connectivity index (χ2n) is 10.2. The van der Waals surface area contributed by atoms with Gasteiger partial charge in [0, 0.05) is 50.7 Å². The number of likely N-dealkylation sites (tertiary alicyclic amines) is 1. The minimum Gasteiger partial charge on any atom is -0.497 e. The van der Waals surface area contributed by atoms with Crippen molar-refractivity contribution >= 4 is 17.7 Å². The van der Waals surface area contributed by atoms with E-state index in [0.29, 0.717) is 50.3 Å². The van der Waals surface area contributed by atoms with Crippen LogP contribution >= 0.6 is 0 Å². The van der Waals surface area contributed by atoms with Crippen molar-refractivity contribution in [3.63, 3.8) is 0 Å². The van der Waals surface area contributed by atoms with E-state index in [1.165, 1.54) is 0 Å². The fraction of sp³-hybridized carbons (Fsp3) is 0.483. The topological polar surface area (TPSA) is 82.2 Å². The predicted octanol–water partition coefficient (Wildman–Crippen LogP) is 2.19. The molecule has 5 rings (SSSR count). The Balaban J connectivity index is 1.40. The van der Waals surface area contributed by atoms with Crippen molar-refractivity contribution in [3.8, 4) is 5.75 Å². The third-order valence-corrected chi connectivity index (χ3v) is 7.73. The molecule has 1 saturated carbocycles. The van der Waals surface area contributed by atoms with Crippen molar-refractivity contribution in [2.24, 2.45) is 5.92 Å². The van der Waals surface area contributed by atoms with Crippen molar-refractivity contribution in [1.29, 1.82) is 0 Å². The quantitative estimate of drug-likeness (QED) is 0.596. The van der Waals surface area contributed by atoms with Crippen LogP contribution < -0.4 is 10.1 Å². The van der Waals surface area contributed by atoms with E-state index in [-0.39, 0.29) is 29.7 Å². The van der Waals surface area contributed by atoms with Crippen molar-refractivity contribution in [1.82, 2.24) is 20.0 Å². The minimum atomic E-state index is -0.515. The lowest BCUT2D eigenvalue weighted by molar-refractivity contribution is -0.144. The predicted molar refractivity (Wildman–Crippen MR) is 140 cm³/mol. The molecule has 3 fully saturated rings. The van der Waals surface area contributed by atoms with E-state index < -0.39 is 6.04 Å². The number of hydrogen-bond donors (Lipinski definition) is 1. The zero-order valence-corrected chi connectivity index (χ0v) is 21.5.